The highest BCUT2D eigenvalue weighted by molar-refractivity contribution is 5.73. The largest absolute Gasteiger partial charge is 0.354 e. The number of hydrogen-bond donors (Lipinski definition) is 2. The van der Waals surface area contributed by atoms with Gasteiger partial charge in [0, 0.05) is 27.4 Å². The molecule has 0 unspecified atom stereocenters. The van der Waals surface area contributed by atoms with Crippen LogP contribution in [0.1, 0.15) is 54.8 Å². The molecule has 4 nitrogen and oxygen atoms in total. The number of carbonyl (C=O) groups is 2. The molecule has 1 fully saturated rings. The Balaban J connectivity index is 0. The molecule has 0 saturated heterocycles. The van der Waals surface area contributed by atoms with Gasteiger partial charge in [-0.3, -0.25) is 9.59 Å². The van der Waals surface area contributed by atoms with Crippen molar-refractivity contribution in [3.8, 4) is 0 Å². The molecule has 0 heterocycles. The van der Waals surface area contributed by atoms with Gasteiger partial charge < -0.3 is 10.6 Å². The second-order valence-electron chi connectivity index (χ2n) is 3.95. The fourth-order valence-electron chi connectivity index (χ4n) is 1.96. The van der Waals surface area contributed by atoms with E-state index in [0.29, 0.717) is 12.1 Å². The summed E-state index contributed by atoms with van der Waals surface area (Å²) in [6.07, 6.45) is 3.85. The van der Waals surface area contributed by atoms with Crippen molar-refractivity contribution in [3.05, 3.63) is 0 Å². The summed E-state index contributed by atoms with van der Waals surface area (Å²) in [5.74, 6) is 0.0703. The van der Waals surface area contributed by atoms with E-state index in [9.17, 15) is 9.59 Å². The fraction of sp³-hybridized carbons (Fsp3) is 0.833. The molecule has 0 aromatic rings. The highest BCUT2D eigenvalue weighted by atomic mass is 16.2. The van der Waals surface area contributed by atoms with Crippen LogP contribution < -0.4 is 10.6 Å². The lowest BCUT2D eigenvalue weighted by atomic mass is 9.91. The summed E-state index contributed by atoms with van der Waals surface area (Å²) in [4.78, 5) is 21.6. The van der Waals surface area contributed by atoms with Gasteiger partial charge in [-0.15, -0.1) is 0 Å². The molecule has 0 atom stereocenters. The first kappa shape index (κ1) is 14.9. The zero-order valence-electron chi connectivity index (χ0n) is 10.8. The van der Waals surface area contributed by atoms with Crippen molar-refractivity contribution in [2.75, 3.05) is 0 Å². The zero-order chi connectivity index (χ0) is 12.6. The molecule has 0 aliphatic heterocycles. The molecule has 0 spiro atoms. The molecule has 16 heavy (non-hydrogen) atoms. The molecular formula is C12H26N2O2. The van der Waals surface area contributed by atoms with Gasteiger partial charge in [0.2, 0.25) is 11.8 Å². The Labute approximate surface area is 99.7 Å². The summed E-state index contributed by atoms with van der Waals surface area (Å²) < 4.78 is 0. The maximum atomic E-state index is 10.8. The lowest BCUT2D eigenvalue weighted by molar-refractivity contribution is -0.121. The molecule has 0 radical (unpaired) electrons. The molecule has 96 valence electrons. The minimum Gasteiger partial charge on any atom is -0.354 e. The second kappa shape index (κ2) is 8.13. The number of amides is 2. The van der Waals surface area contributed by atoms with Crippen LogP contribution in [-0.4, -0.2) is 23.9 Å². The molecule has 4 heteroatoms. The van der Waals surface area contributed by atoms with Gasteiger partial charge in [-0.1, -0.05) is 13.8 Å². The number of carbonyl (C=O) groups excluding carboxylic acids is 2. The smallest absolute Gasteiger partial charge is 0.217 e. The third-order valence-corrected chi connectivity index (χ3v) is 2.54. The first-order valence-electron chi connectivity index (χ1n) is 6.12. The normalized spacial score (nSPS) is 23.8. The summed E-state index contributed by atoms with van der Waals surface area (Å²) in [5, 5.41) is 5.81. The second-order valence-corrected chi connectivity index (χ2v) is 3.95. The molecule has 1 aliphatic rings. The van der Waals surface area contributed by atoms with Crippen LogP contribution in [0, 0.1) is 0 Å². The van der Waals surface area contributed by atoms with Crippen molar-refractivity contribution in [2.24, 2.45) is 0 Å². The SMILES string of the molecule is CC.CC(=O)NC1CCC(NC(C)=O)CC1.[HH]. The number of rotatable bonds is 2. The van der Waals surface area contributed by atoms with E-state index in [2.05, 4.69) is 10.6 Å². The molecule has 0 aromatic heterocycles. The average Bonchev–Trinajstić information content (AvgIpc) is 2.22. The maximum absolute atomic E-state index is 10.8. The van der Waals surface area contributed by atoms with E-state index in [4.69, 9.17) is 0 Å². The van der Waals surface area contributed by atoms with Crippen LogP contribution in [0.2, 0.25) is 0 Å². The summed E-state index contributed by atoms with van der Waals surface area (Å²) in [6, 6.07) is 0.606. The molecule has 0 bridgehead atoms. The van der Waals surface area contributed by atoms with Crippen LogP contribution in [0.3, 0.4) is 0 Å². The van der Waals surface area contributed by atoms with E-state index in [0.717, 1.165) is 25.7 Å². The molecule has 1 saturated carbocycles. The van der Waals surface area contributed by atoms with Gasteiger partial charge in [0.25, 0.3) is 0 Å². The van der Waals surface area contributed by atoms with Crippen LogP contribution in [-0.2, 0) is 9.59 Å². The van der Waals surface area contributed by atoms with Crippen molar-refractivity contribution >= 4 is 11.8 Å². The van der Waals surface area contributed by atoms with Gasteiger partial charge in [-0.05, 0) is 25.7 Å². The summed E-state index contributed by atoms with van der Waals surface area (Å²) in [5.41, 5.74) is 0. The van der Waals surface area contributed by atoms with Crippen molar-refractivity contribution in [1.29, 1.82) is 0 Å². The van der Waals surface area contributed by atoms with E-state index in [-0.39, 0.29) is 13.2 Å². The highest BCUT2D eigenvalue weighted by Gasteiger charge is 2.21. The Morgan fingerprint density at radius 3 is 1.31 bits per heavy atom. The van der Waals surface area contributed by atoms with Gasteiger partial charge in [-0.2, -0.15) is 0 Å². The Bertz CT molecular complexity index is 203. The van der Waals surface area contributed by atoms with Gasteiger partial charge in [0.15, 0.2) is 0 Å². The van der Waals surface area contributed by atoms with Crippen molar-refractivity contribution in [1.82, 2.24) is 10.6 Å². The number of hydrogen-bond acceptors (Lipinski definition) is 2. The maximum Gasteiger partial charge on any atom is 0.217 e. The predicted octanol–water partition coefficient (Wildman–Crippen LogP) is 1.84. The minimum atomic E-state index is 0. The quantitative estimate of drug-likeness (QED) is 0.760. The standard InChI is InChI=1S/C10H18N2O2.C2H6.H2/c1-7(13)11-9-3-5-10(6-4-9)12-8(2)14;1-2;/h9-10H,3-6H2,1-2H3,(H,11,13)(H,12,14);1-2H3;1H. The lowest BCUT2D eigenvalue weighted by Gasteiger charge is -2.29. The first-order chi connectivity index (χ1) is 7.58. The van der Waals surface area contributed by atoms with Crippen LogP contribution in [0.5, 0.6) is 0 Å². The average molecular weight is 230 g/mol. The fourth-order valence-corrected chi connectivity index (χ4v) is 1.96. The Kier molecular flexibility index (Phi) is 7.60. The molecule has 2 amide bonds. The molecular weight excluding hydrogens is 204 g/mol. The molecule has 1 rings (SSSR count). The predicted molar refractivity (Wildman–Crippen MR) is 67.1 cm³/mol. The zero-order valence-corrected chi connectivity index (χ0v) is 10.8. The van der Waals surface area contributed by atoms with Crippen LogP contribution in [0.25, 0.3) is 0 Å². The molecule has 0 aromatic carbocycles. The third-order valence-electron chi connectivity index (χ3n) is 2.54. The minimum absolute atomic E-state index is 0. The van der Waals surface area contributed by atoms with E-state index in [1.165, 1.54) is 0 Å². The van der Waals surface area contributed by atoms with Gasteiger partial charge in [0.1, 0.15) is 0 Å². The highest BCUT2D eigenvalue weighted by Crippen LogP contribution is 2.18. The summed E-state index contributed by atoms with van der Waals surface area (Å²) in [7, 11) is 0. The van der Waals surface area contributed by atoms with Crippen molar-refractivity contribution < 1.29 is 11.0 Å². The Morgan fingerprint density at radius 1 is 0.875 bits per heavy atom. The lowest BCUT2D eigenvalue weighted by Crippen LogP contribution is -2.42. The summed E-state index contributed by atoms with van der Waals surface area (Å²) in [6.45, 7) is 7.08. The molecule has 1 aliphatic carbocycles. The van der Waals surface area contributed by atoms with Gasteiger partial charge in [-0.25, -0.2) is 0 Å². The monoisotopic (exact) mass is 230 g/mol. The van der Waals surface area contributed by atoms with Gasteiger partial charge >= 0.3 is 0 Å². The Hall–Kier alpha value is -1.06. The Morgan fingerprint density at radius 2 is 1.12 bits per heavy atom. The third kappa shape index (κ3) is 6.43. The van der Waals surface area contributed by atoms with Crippen LogP contribution in [0.4, 0.5) is 0 Å². The van der Waals surface area contributed by atoms with Crippen LogP contribution in [0.15, 0.2) is 0 Å². The van der Waals surface area contributed by atoms with Crippen molar-refractivity contribution in [2.45, 2.75) is 65.5 Å². The topological polar surface area (TPSA) is 58.2 Å². The van der Waals surface area contributed by atoms with Gasteiger partial charge in [0.05, 0.1) is 0 Å². The number of nitrogens with one attached hydrogen (secondary N) is 2. The summed E-state index contributed by atoms with van der Waals surface area (Å²) >= 11 is 0. The van der Waals surface area contributed by atoms with E-state index in [1.807, 2.05) is 13.8 Å². The van der Waals surface area contributed by atoms with E-state index >= 15 is 0 Å². The van der Waals surface area contributed by atoms with Crippen molar-refractivity contribution in [3.63, 3.8) is 0 Å². The van der Waals surface area contributed by atoms with Crippen LogP contribution >= 0.6 is 0 Å². The molecule has 2 N–H and O–H groups in total. The first-order valence-corrected chi connectivity index (χ1v) is 6.12. The van der Waals surface area contributed by atoms with E-state index < -0.39 is 0 Å². The van der Waals surface area contributed by atoms with E-state index in [1.54, 1.807) is 13.8 Å².